The Labute approximate surface area is 130 Å². The Morgan fingerprint density at radius 2 is 2.05 bits per heavy atom. The predicted octanol–water partition coefficient (Wildman–Crippen LogP) is 3.85. The maximum Gasteiger partial charge on any atom is 0.138 e. The van der Waals surface area contributed by atoms with Gasteiger partial charge in [0.25, 0.3) is 0 Å². The van der Waals surface area contributed by atoms with Crippen molar-refractivity contribution in [3.63, 3.8) is 0 Å². The van der Waals surface area contributed by atoms with Gasteiger partial charge in [-0.15, -0.1) is 11.3 Å². The Morgan fingerprint density at radius 1 is 1.24 bits per heavy atom. The fourth-order valence-electron chi connectivity index (χ4n) is 3.07. The van der Waals surface area contributed by atoms with Crippen molar-refractivity contribution in [1.82, 2.24) is 15.3 Å². The highest BCUT2D eigenvalue weighted by Crippen LogP contribution is 2.34. The number of anilines is 1. The van der Waals surface area contributed by atoms with Gasteiger partial charge in [-0.25, -0.2) is 9.97 Å². The summed E-state index contributed by atoms with van der Waals surface area (Å²) >= 11 is 1.79. The summed E-state index contributed by atoms with van der Waals surface area (Å²) in [6, 6.07) is 0.577. The fourth-order valence-corrected chi connectivity index (χ4v) is 4.19. The van der Waals surface area contributed by atoms with E-state index >= 15 is 0 Å². The molecule has 2 heterocycles. The average molecular weight is 304 g/mol. The third kappa shape index (κ3) is 3.19. The van der Waals surface area contributed by atoms with E-state index in [-0.39, 0.29) is 0 Å². The summed E-state index contributed by atoms with van der Waals surface area (Å²) in [4.78, 5) is 11.5. The van der Waals surface area contributed by atoms with Crippen LogP contribution < -0.4 is 10.6 Å². The van der Waals surface area contributed by atoms with Crippen LogP contribution in [0.4, 0.5) is 5.82 Å². The van der Waals surface area contributed by atoms with Crippen LogP contribution in [0.5, 0.6) is 0 Å². The van der Waals surface area contributed by atoms with Crippen LogP contribution in [-0.2, 0) is 6.54 Å². The minimum atomic E-state index is 0.577. The molecule has 1 saturated carbocycles. The lowest BCUT2D eigenvalue weighted by Gasteiger charge is -2.23. The SMILES string of the molecule is CCNCc1sc2ncnc(NC3CCCCC3)c2c1C. The van der Waals surface area contributed by atoms with Crippen molar-refractivity contribution in [3.05, 3.63) is 16.8 Å². The van der Waals surface area contributed by atoms with Crippen LogP contribution in [0.25, 0.3) is 10.2 Å². The Balaban J connectivity index is 1.89. The van der Waals surface area contributed by atoms with Crippen molar-refractivity contribution in [3.8, 4) is 0 Å². The van der Waals surface area contributed by atoms with Crippen molar-refractivity contribution >= 4 is 27.4 Å². The second-order valence-corrected chi connectivity index (χ2v) is 6.90. The van der Waals surface area contributed by atoms with Gasteiger partial charge in [-0.3, -0.25) is 0 Å². The molecule has 2 N–H and O–H groups in total. The summed E-state index contributed by atoms with van der Waals surface area (Å²) in [5.41, 5.74) is 1.33. The van der Waals surface area contributed by atoms with E-state index in [9.17, 15) is 0 Å². The molecule has 4 nitrogen and oxygen atoms in total. The Kier molecular flexibility index (Phi) is 4.70. The van der Waals surface area contributed by atoms with Crippen LogP contribution in [0, 0.1) is 6.92 Å². The molecule has 2 aromatic rings. The molecule has 21 heavy (non-hydrogen) atoms. The van der Waals surface area contributed by atoms with Gasteiger partial charge in [0.15, 0.2) is 0 Å². The van der Waals surface area contributed by atoms with E-state index in [1.165, 1.54) is 47.9 Å². The summed E-state index contributed by atoms with van der Waals surface area (Å²) in [5.74, 6) is 1.03. The summed E-state index contributed by atoms with van der Waals surface area (Å²) in [7, 11) is 0. The molecule has 0 amide bonds. The van der Waals surface area contributed by atoms with Crippen molar-refractivity contribution in [2.45, 2.75) is 58.5 Å². The third-order valence-corrected chi connectivity index (χ3v) is 5.51. The van der Waals surface area contributed by atoms with Gasteiger partial charge in [0.2, 0.25) is 0 Å². The van der Waals surface area contributed by atoms with Gasteiger partial charge in [0.1, 0.15) is 17.0 Å². The van der Waals surface area contributed by atoms with Crippen LogP contribution in [0.15, 0.2) is 6.33 Å². The molecule has 0 aromatic carbocycles. The molecule has 1 fully saturated rings. The molecule has 114 valence electrons. The zero-order chi connectivity index (χ0) is 14.7. The summed E-state index contributed by atoms with van der Waals surface area (Å²) in [6.07, 6.45) is 8.26. The molecule has 1 aliphatic carbocycles. The van der Waals surface area contributed by atoms with E-state index in [1.54, 1.807) is 17.7 Å². The number of hydrogen-bond donors (Lipinski definition) is 2. The molecule has 1 aliphatic rings. The molecule has 2 aromatic heterocycles. The lowest BCUT2D eigenvalue weighted by Crippen LogP contribution is -2.23. The second-order valence-electron chi connectivity index (χ2n) is 5.81. The Morgan fingerprint density at radius 3 is 2.81 bits per heavy atom. The minimum Gasteiger partial charge on any atom is -0.367 e. The highest BCUT2D eigenvalue weighted by molar-refractivity contribution is 7.18. The summed E-state index contributed by atoms with van der Waals surface area (Å²) in [6.45, 7) is 6.25. The van der Waals surface area contributed by atoms with Crippen LogP contribution >= 0.6 is 11.3 Å². The lowest BCUT2D eigenvalue weighted by molar-refractivity contribution is 0.462. The molecular weight excluding hydrogens is 280 g/mol. The van der Waals surface area contributed by atoms with Crippen LogP contribution in [0.1, 0.15) is 49.5 Å². The van der Waals surface area contributed by atoms with Gasteiger partial charge >= 0.3 is 0 Å². The second kappa shape index (κ2) is 6.71. The number of aromatic nitrogens is 2. The molecule has 5 heteroatoms. The van der Waals surface area contributed by atoms with Gasteiger partial charge in [-0.1, -0.05) is 26.2 Å². The largest absolute Gasteiger partial charge is 0.367 e. The molecule has 0 atom stereocenters. The average Bonchev–Trinajstić information content (AvgIpc) is 2.84. The number of nitrogens with zero attached hydrogens (tertiary/aromatic N) is 2. The van der Waals surface area contributed by atoms with Crippen LogP contribution in [0.2, 0.25) is 0 Å². The Bertz CT molecular complexity index is 602. The maximum atomic E-state index is 4.52. The highest BCUT2D eigenvalue weighted by atomic mass is 32.1. The number of hydrogen-bond acceptors (Lipinski definition) is 5. The third-order valence-electron chi connectivity index (χ3n) is 4.31. The van der Waals surface area contributed by atoms with Gasteiger partial charge < -0.3 is 10.6 Å². The van der Waals surface area contributed by atoms with E-state index < -0.39 is 0 Å². The van der Waals surface area contributed by atoms with Gasteiger partial charge in [-0.05, 0) is 31.9 Å². The molecule has 0 radical (unpaired) electrons. The molecule has 0 saturated heterocycles. The molecule has 0 unspecified atom stereocenters. The zero-order valence-corrected chi connectivity index (χ0v) is 13.7. The topological polar surface area (TPSA) is 49.8 Å². The number of thiophene rings is 1. The van der Waals surface area contributed by atoms with Gasteiger partial charge in [0.05, 0.1) is 5.39 Å². The Hall–Kier alpha value is -1.20. The van der Waals surface area contributed by atoms with E-state index in [2.05, 4.69) is 34.4 Å². The zero-order valence-electron chi connectivity index (χ0n) is 12.9. The number of aryl methyl sites for hydroxylation is 1. The smallest absolute Gasteiger partial charge is 0.138 e. The van der Waals surface area contributed by atoms with E-state index in [0.717, 1.165) is 23.7 Å². The predicted molar refractivity (Wildman–Crippen MR) is 90.0 cm³/mol. The summed E-state index contributed by atoms with van der Waals surface area (Å²) in [5, 5.41) is 8.30. The quantitative estimate of drug-likeness (QED) is 0.881. The van der Waals surface area contributed by atoms with Crippen molar-refractivity contribution < 1.29 is 0 Å². The summed E-state index contributed by atoms with van der Waals surface area (Å²) < 4.78 is 0. The van der Waals surface area contributed by atoms with Gasteiger partial charge in [-0.2, -0.15) is 0 Å². The minimum absolute atomic E-state index is 0.577. The van der Waals surface area contributed by atoms with E-state index in [4.69, 9.17) is 0 Å². The first-order valence-corrected chi connectivity index (χ1v) is 8.81. The van der Waals surface area contributed by atoms with E-state index in [0.29, 0.717) is 6.04 Å². The van der Waals surface area contributed by atoms with Crippen LogP contribution in [0.3, 0.4) is 0 Å². The first kappa shape index (κ1) is 14.7. The lowest BCUT2D eigenvalue weighted by atomic mass is 9.95. The van der Waals surface area contributed by atoms with Crippen molar-refractivity contribution in [2.75, 3.05) is 11.9 Å². The highest BCUT2D eigenvalue weighted by Gasteiger charge is 2.18. The fraction of sp³-hybridized carbons (Fsp3) is 0.625. The molecular formula is C16H24N4S. The normalized spacial score (nSPS) is 16.5. The molecule has 3 rings (SSSR count). The number of fused-ring (bicyclic) bond motifs is 1. The number of rotatable bonds is 5. The molecule has 0 bridgehead atoms. The van der Waals surface area contributed by atoms with Crippen molar-refractivity contribution in [2.24, 2.45) is 0 Å². The van der Waals surface area contributed by atoms with Crippen LogP contribution in [-0.4, -0.2) is 22.6 Å². The number of nitrogens with one attached hydrogen (secondary N) is 2. The van der Waals surface area contributed by atoms with Crippen molar-refractivity contribution in [1.29, 1.82) is 0 Å². The first-order chi connectivity index (χ1) is 10.3. The molecule has 0 spiro atoms. The standard InChI is InChI=1S/C16H24N4S/c1-3-17-9-13-11(2)14-15(18-10-19-16(14)21-13)20-12-7-5-4-6-8-12/h10,12,17H,3-9H2,1-2H3,(H,18,19,20). The monoisotopic (exact) mass is 304 g/mol. The maximum absolute atomic E-state index is 4.52. The van der Waals surface area contributed by atoms with Gasteiger partial charge in [0, 0.05) is 17.5 Å². The van der Waals surface area contributed by atoms with E-state index in [1.807, 2.05) is 0 Å². The molecule has 0 aliphatic heterocycles. The first-order valence-electron chi connectivity index (χ1n) is 7.99.